The van der Waals surface area contributed by atoms with Crippen LogP contribution < -0.4 is 10.0 Å². The van der Waals surface area contributed by atoms with Gasteiger partial charge in [-0.2, -0.15) is 0 Å². The fraction of sp³-hybridized carbons (Fsp3) is 0.267. The van der Waals surface area contributed by atoms with Crippen molar-refractivity contribution in [3.63, 3.8) is 0 Å². The van der Waals surface area contributed by atoms with Crippen LogP contribution in [0.4, 0.5) is 5.69 Å². The zero-order valence-electron chi connectivity index (χ0n) is 12.5. The van der Waals surface area contributed by atoms with Crippen LogP contribution in [0.3, 0.4) is 0 Å². The molecule has 1 unspecified atom stereocenters. The van der Waals surface area contributed by atoms with Crippen molar-refractivity contribution in [3.8, 4) is 0 Å². The lowest BCUT2D eigenvalue weighted by atomic mass is 10.1. The fourth-order valence-corrected chi connectivity index (χ4v) is 3.01. The number of furan rings is 1. The fourth-order valence-electron chi connectivity index (χ4n) is 1.97. The van der Waals surface area contributed by atoms with Crippen molar-refractivity contribution in [2.24, 2.45) is 0 Å². The predicted molar refractivity (Wildman–Crippen MR) is 84.2 cm³/mol. The highest BCUT2D eigenvalue weighted by Gasteiger charge is 2.15. The van der Waals surface area contributed by atoms with Gasteiger partial charge in [-0.05, 0) is 36.8 Å². The van der Waals surface area contributed by atoms with E-state index < -0.39 is 16.1 Å². The molecule has 7 nitrogen and oxygen atoms in total. The number of carbonyl (C=O) groups excluding carboxylic acids is 1. The number of hydrogen-bond donors (Lipinski definition) is 3. The minimum Gasteiger partial charge on any atom is -0.472 e. The van der Waals surface area contributed by atoms with Crippen molar-refractivity contribution in [2.45, 2.75) is 24.3 Å². The summed E-state index contributed by atoms with van der Waals surface area (Å²) in [5, 5.41) is 12.4. The Morgan fingerprint density at radius 3 is 2.52 bits per heavy atom. The maximum absolute atomic E-state index is 12.1. The van der Waals surface area contributed by atoms with Gasteiger partial charge in [0.05, 0.1) is 23.5 Å². The standard InChI is InChI=1S/C15H18N2O5S/c1-11(18)17-13-2-4-14(5-3-13)23(20,21)16-8-6-15(19)12-7-9-22-10-12/h2-5,7,9-10,15-16,19H,6,8H2,1H3,(H,17,18). The lowest BCUT2D eigenvalue weighted by Crippen LogP contribution is -2.26. The summed E-state index contributed by atoms with van der Waals surface area (Å²) in [6, 6.07) is 7.45. The average Bonchev–Trinajstić information content (AvgIpc) is 3.01. The van der Waals surface area contributed by atoms with Crippen molar-refractivity contribution in [2.75, 3.05) is 11.9 Å². The van der Waals surface area contributed by atoms with E-state index in [1.54, 1.807) is 6.07 Å². The van der Waals surface area contributed by atoms with Gasteiger partial charge in [0.2, 0.25) is 15.9 Å². The molecule has 0 aliphatic heterocycles. The van der Waals surface area contributed by atoms with Crippen LogP contribution in [-0.4, -0.2) is 26.0 Å². The Kier molecular flexibility index (Phi) is 5.54. The van der Waals surface area contributed by atoms with Crippen molar-refractivity contribution in [1.82, 2.24) is 4.72 Å². The van der Waals surface area contributed by atoms with Gasteiger partial charge in [-0.25, -0.2) is 13.1 Å². The van der Waals surface area contributed by atoms with Crippen LogP contribution in [0.15, 0.2) is 52.2 Å². The van der Waals surface area contributed by atoms with Gasteiger partial charge in [-0.3, -0.25) is 4.79 Å². The summed E-state index contributed by atoms with van der Waals surface area (Å²) in [4.78, 5) is 11.0. The topological polar surface area (TPSA) is 109 Å². The van der Waals surface area contributed by atoms with E-state index in [-0.39, 0.29) is 23.8 Å². The molecule has 124 valence electrons. The van der Waals surface area contributed by atoms with E-state index >= 15 is 0 Å². The smallest absolute Gasteiger partial charge is 0.240 e. The van der Waals surface area contributed by atoms with Gasteiger partial charge >= 0.3 is 0 Å². The number of anilines is 1. The Balaban J connectivity index is 1.92. The second-order valence-electron chi connectivity index (χ2n) is 4.96. The third-order valence-corrected chi connectivity index (χ3v) is 4.60. The van der Waals surface area contributed by atoms with E-state index in [0.717, 1.165) is 0 Å². The van der Waals surface area contributed by atoms with E-state index in [4.69, 9.17) is 4.42 Å². The molecule has 1 aromatic carbocycles. The zero-order chi connectivity index (χ0) is 16.9. The number of aliphatic hydroxyl groups excluding tert-OH is 1. The van der Waals surface area contributed by atoms with E-state index in [1.165, 1.54) is 43.7 Å². The van der Waals surface area contributed by atoms with Crippen LogP contribution in [0.25, 0.3) is 0 Å². The van der Waals surface area contributed by atoms with Crippen molar-refractivity contribution in [3.05, 3.63) is 48.4 Å². The molecular formula is C15H18N2O5S. The summed E-state index contributed by atoms with van der Waals surface area (Å²) in [7, 11) is -3.67. The van der Waals surface area contributed by atoms with Gasteiger partial charge in [0, 0.05) is 24.7 Å². The molecule has 3 N–H and O–H groups in total. The Labute approximate surface area is 134 Å². The summed E-state index contributed by atoms with van der Waals surface area (Å²) in [6.07, 6.45) is 2.29. The normalized spacial score (nSPS) is 12.8. The van der Waals surface area contributed by atoms with Crippen LogP contribution in [0.2, 0.25) is 0 Å². The molecule has 0 saturated carbocycles. The monoisotopic (exact) mass is 338 g/mol. The summed E-state index contributed by atoms with van der Waals surface area (Å²) in [5.41, 5.74) is 1.12. The number of sulfonamides is 1. The SMILES string of the molecule is CC(=O)Nc1ccc(S(=O)(=O)NCCC(O)c2ccoc2)cc1. The zero-order valence-corrected chi connectivity index (χ0v) is 13.3. The number of carbonyl (C=O) groups is 1. The van der Waals surface area contributed by atoms with Crippen LogP contribution in [0.1, 0.15) is 25.0 Å². The number of nitrogens with one attached hydrogen (secondary N) is 2. The third kappa shape index (κ3) is 4.92. The number of rotatable bonds is 7. The third-order valence-electron chi connectivity index (χ3n) is 3.12. The van der Waals surface area contributed by atoms with Gasteiger partial charge < -0.3 is 14.8 Å². The summed E-state index contributed by atoms with van der Waals surface area (Å²) >= 11 is 0. The highest BCUT2D eigenvalue weighted by molar-refractivity contribution is 7.89. The van der Waals surface area contributed by atoms with Crippen molar-refractivity contribution < 1.29 is 22.7 Å². The first-order valence-corrected chi connectivity index (χ1v) is 8.44. The van der Waals surface area contributed by atoms with Gasteiger partial charge in [0.15, 0.2) is 0 Å². The Morgan fingerprint density at radius 1 is 1.26 bits per heavy atom. The van der Waals surface area contributed by atoms with E-state index in [0.29, 0.717) is 11.3 Å². The van der Waals surface area contributed by atoms with Gasteiger partial charge in [0.1, 0.15) is 0 Å². The van der Waals surface area contributed by atoms with Crippen LogP contribution in [-0.2, 0) is 14.8 Å². The highest BCUT2D eigenvalue weighted by Crippen LogP contribution is 2.17. The molecule has 2 aromatic rings. The van der Waals surface area contributed by atoms with Crippen LogP contribution in [0.5, 0.6) is 0 Å². The molecule has 1 atom stereocenters. The number of aliphatic hydroxyl groups is 1. The van der Waals surface area contributed by atoms with Crippen molar-refractivity contribution in [1.29, 1.82) is 0 Å². The molecule has 0 spiro atoms. The number of benzene rings is 1. The van der Waals surface area contributed by atoms with Crippen molar-refractivity contribution >= 4 is 21.6 Å². The quantitative estimate of drug-likeness (QED) is 0.711. The highest BCUT2D eigenvalue weighted by atomic mass is 32.2. The molecule has 1 amide bonds. The molecule has 0 bridgehead atoms. The average molecular weight is 338 g/mol. The number of amides is 1. The minimum absolute atomic E-state index is 0.0854. The van der Waals surface area contributed by atoms with Gasteiger partial charge in [-0.1, -0.05) is 0 Å². The summed E-state index contributed by atoms with van der Waals surface area (Å²) in [5.74, 6) is -0.230. The molecular weight excluding hydrogens is 320 g/mol. The molecule has 23 heavy (non-hydrogen) atoms. The number of hydrogen-bond acceptors (Lipinski definition) is 5. The molecule has 0 radical (unpaired) electrons. The van der Waals surface area contributed by atoms with Gasteiger partial charge in [-0.15, -0.1) is 0 Å². The van der Waals surface area contributed by atoms with Crippen LogP contribution >= 0.6 is 0 Å². The Morgan fingerprint density at radius 2 is 1.96 bits per heavy atom. The molecule has 0 saturated heterocycles. The molecule has 0 aliphatic carbocycles. The van der Waals surface area contributed by atoms with Gasteiger partial charge in [0.25, 0.3) is 0 Å². The second kappa shape index (κ2) is 7.40. The molecule has 2 rings (SSSR count). The molecule has 0 aliphatic rings. The Bertz CT molecular complexity index is 739. The lowest BCUT2D eigenvalue weighted by Gasteiger charge is -2.10. The first kappa shape index (κ1) is 17.2. The maximum Gasteiger partial charge on any atom is 0.240 e. The molecule has 1 aromatic heterocycles. The van der Waals surface area contributed by atoms with E-state index in [2.05, 4.69) is 10.0 Å². The predicted octanol–water partition coefficient (Wildman–Crippen LogP) is 1.64. The minimum atomic E-state index is -3.67. The summed E-state index contributed by atoms with van der Waals surface area (Å²) < 4.78 is 31.6. The van der Waals surface area contributed by atoms with E-state index in [9.17, 15) is 18.3 Å². The Hall–Kier alpha value is -2.16. The first-order valence-electron chi connectivity index (χ1n) is 6.96. The maximum atomic E-state index is 12.1. The van der Waals surface area contributed by atoms with Crippen LogP contribution in [0, 0.1) is 0 Å². The largest absolute Gasteiger partial charge is 0.472 e. The molecule has 0 fully saturated rings. The first-order chi connectivity index (χ1) is 10.9. The van der Waals surface area contributed by atoms with E-state index in [1.807, 2.05) is 0 Å². The molecule has 1 heterocycles. The summed E-state index contributed by atoms with van der Waals surface area (Å²) in [6.45, 7) is 1.46. The second-order valence-corrected chi connectivity index (χ2v) is 6.73. The molecule has 8 heteroatoms. The lowest BCUT2D eigenvalue weighted by molar-refractivity contribution is -0.114.